The molecule has 3 rings (SSSR count). The Balaban J connectivity index is 1.94. The monoisotopic (exact) mass is 434 g/mol. The predicted molar refractivity (Wildman–Crippen MR) is 106 cm³/mol. The molecule has 2 aromatic rings. The van der Waals surface area contributed by atoms with E-state index in [0.29, 0.717) is 18.7 Å². The van der Waals surface area contributed by atoms with Gasteiger partial charge in [-0.3, -0.25) is 4.90 Å². The maximum Gasteiger partial charge on any atom is 0.435 e. The summed E-state index contributed by atoms with van der Waals surface area (Å²) in [6, 6.07) is 2.45. The lowest BCUT2D eigenvalue weighted by Gasteiger charge is -2.16. The van der Waals surface area contributed by atoms with Crippen LogP contribution in [-0.4, -0.2) is 47.4 Å². The van der Waals surface area contributed by atoms with Crippen molar-refractivity contribution < 1.29 is 17.9 Å². The number of nitrogens with zero attached hydrogens (tertiary/aromatic N) is 4. The van der Waals surface area contributed by atoms with Crippen molar-refractivity contribution in [2.75, 3.05) is 19.7 Å². The van der Waals surface area contributed by atoms with Gasteiger partial charge in [0.2, 0.25) is 0 Å². The Morgan fingerprint density at radius 2 is 1.89 bits per heavy atom. The zero-order valence-corrected chi connectivity index (χ0v) is 18.2. The fourth-order valence-corrected chi connectivity index (χ4v) is 4.30. The summed E-state index contributed by atoms with van der Waals surface area (Å²) in [4.78, 5) is 6.28. The molecule has 3 heterocycles. The summed E-state index contributed by atoms with van der Waals surface area (Å²) >= 11 is 6.14. The number of pyridine rings is 1. The van der Waals surface area contributed by atoms with E-state index in [-0.39, 0.29) is 22.9 Å². The Kier molecular flexibility index (Phi) is 6.38. The average molecular weight is 435 g/mol. The third-order valence-electron chi connectivity index (χ3n) is 4.82. The summed E-state index contributed by atoms with van der Waals surface area (Å²) in [6.07, 6.45) is -2.46. The van der Waals surface area contributed by atoms with E-state index in [1.54, 1.807) is 0 Å². The van der Waals surface area contributed by atoms with Gasteiger partial charge in [-0.25, -0.2) is 9.67 Å². The van der Waals surface area contributed by atoms with Crippen molar-refractivity contribution in [2.45, 2.75) is 58.0 Å². The molecule has 156 valence electrons. The number of fused-ring (bicyclic) bond motifs is 1. The van der Waals surface area contributed by atoms with Crippen molar-refractivity contribution in [1.82, 2.24) is 19.7 Å². The summed E-state index contributed by atoms with van der Waals surface area (Å²) in [5.74, 6) is 0. The Morgan fingerprint density at radius 3 is 2.50 bits per heavy atom. The molecule has 0 radical (unpaired) electrons. The Hall–Kier alpha value is -1.16. The molecule has 0 N–H and O–H groups in total. The molecule has 2 aromatic heterocycles. The van der Waals surface area contributed by atoms with Crippen LogP contribution in [0.1, 0.15) is 24.1 Å². The van der Waals surface area contributed by atoms with Crippen LogP contribution in [0.15, 0.2) is 6.07 Å². The summed E-state index contributed by atoms with van der Waals surface area (Å²) in [6.45, 7) is 9.21. The second kappa shape index (κ2) is 8.29. The largest absolute Gasteiger partial charge is 0.435 e. The van der Waals surface area contributed by atoms with Crippen molar-refractivity contribution in [2.24, 2.45) is 0 Å². The van der Waals surface area contributed by atoms with E-state index in [4.69, 9.17) is 16.3 Å². The molecule has 0 amide bonds. The number of halogens is 4. The molecule has 0 unspecified atom stereocenters. The van der Waals surface area contributed by atoms with Crippen LogP contribution in [0, 0.1) is 0 Å². The van der Waals surface area contributed by atoms with Crippen LogP contribution < -0.4 is 0 Å². The third-order valence-corrected chi connectivity index (χ3v) is 6.72. The molecule has 5 nitrogen and oxygen atoms in total. The molecule has 0 spiro atoms. The molecule has 1 aliphatic rings. The highest BCUT2D eigenvalue weighted by Crippen LogP contribution is 2.36. The number of ether oxygens (including phenoxy) is 1. The summed E-state index contributed by atoms with van der Waals surface area (Å²) < 4.78 is 47.9. The number of aromatic nitrogens is 3. The van der Waals surface area contributed by atoms with Gasteiger partial charge >= 0.3 is 6.18 Å². The van der Waals surface area contributed by atoms with Crippen LogP contribution in [0.5, 0.6) is 0 Å². The number of rotatable bonds is 7. The number of likely N-dealkylation sites (tertiary alicyclic amines) is 1. The molecule has 10 heteroatoms. The Bertz CT molecular complexity index is 829. The zero-order valence-electron chi connectivity index (χ0n) is 16.4. The van der Waals surface area contributed by atoms with Gasteiger partial charge in [-0.2, -0.15) is 18.3 Å². The van der Waals surface area contributed by atoms with Crippen LogP contribution in [0.2, 0.25) is 30.8 Å². The maximum atomic E-state index is 13.7. The second-order valence-electron chi connectivity index (χ2n) is 8.48. The SMILES string of the molecule is C[Si](C)(C)CCOCn1nc(C(F)(F)F)c2c(CN3CCCC3)cc(Cl)nc21. The molecule has 0 aliphatic carbocycles. The Morgan fingerprint density at radius 1 is 1.21 bits per heavy atom. The fraction of sp³-hybridized carbons (Fsp3) is 0.667. The molecule has 0 bridgehead atoms. The third kappa shape index (κ3) is 5.25. The highest BCUT2D eigenvalue weighted by Gasteiger charge is 2.38. The van der Waals surface area contributed by atoms with Crippen molar-refractivity contribution in [1.29, 1.82) is 0 Å². The van der Waals surface area contributed by atoms with Gasteiger partial charge in [0.15, 0.2) is 11.3 Å². The van der Waals surface area contributed by atoms with Crippen LogP contribution in [-0.2, 0) is 24.2 Å². The minimum atomic E-state index is -4.57. The van der Waals surface area contributed by atoms with Crippen LogP contribution in [0.4, 0.5) is 13.2 Å². The van der Waals surface area contributed by atoms with E-state index < -0.39 is 19.9 Å². The molecule has 1 saturated heterocycles. The lowest BCUT2D eigenvalue weighted by Crippen LogP contribution is -2.22. The highest BCUT2D eigenvalue weighted by atomic mass is 35.5. The van der Waals surface area contributed by atoms with Gasteiger partial charge in [-0.15, -0.1) is 0 Å². The quantitative estimate of drug-likeness (QED) is 0.349. The van der Waals surface area contributed by atoms with Gasteiger partial charge < -0.3 is 4.74 Å². The van der Waals surface area contributed by atoms with Gasteiger partial charge in [0.1, 0.15) is 11.9 Å². The van der Waals surface area contributed by atoms with E-state index in [2.05, 4.69) is 34.6 Å². The first-order chi connectivity index (χ1) is 13.0. The van der Waals surface area contributed by atoms with Crippen molar-refractivity contribution in [3.8, 4) is 0 Å². The first kappa shape index (κ1) is 21.5. The van der Waals surface area contributed by atoms with Gasteiger partial charge in [-0.1, -0.05) is 31.2 Å². The Labute approximate surface area is 168 Å². The highest BCUT2D eigenvalue weighted by molar-refractivity contribution is 6.76. The van der Waals surface area contributed by atoms with E-state index in [1.807, 2.05) is 0 Å². The van der Waals surface area contributed by atoms with E-state index in [0.717, 1.165) is 32.0 Å². The van der Waals surface area contributed by atoms with Crippen LogP contribution in [0.3, 0.4) is 0 Å². The molecule has 1 aliphatic heterocycles. The van der Waals surface area contributed by atoms with E-state index >= 15 is 0 Å². The first-order valence-electron chi connectivity index (χ1n) is 9.48. The van der Waals surface area contributed by atoms with Gasteiger partial charge in [0, 0.05) is 21.2 Å². The topological polar surface area (TPSA) is 43.2 Å². The second-order valence-corrected chi connectivity index (χ2v) is 14.5. The minimum Gasteiger partial charge on any atom is -0.359 e. The van der Waals surface area contributed by atoms with Crippen LogP contribution >= 0.6 is 11.6 Å². The lowest BCUT2D eigenvalue weighted by molar-refractivity contribution is -0.140. The molecule has 0 atom stereocenters. The van der Waals surface area contributed by atoms with Crippen LogP contribution in [0.25, 0.3) is 11.0 Å². The molecule has 1 fully saturated rings. The molecule has 28 heavy (non-hydrogen) atoms. The number of hydrogen-bond donors (Lipinski definition) is 0. The van der Waals surface area contributed by atoms with Crippen molar-refractivity contribution in [3.05, 3.63) is 22.5 Å². The van der Waals surface area contributed by atoms with Crippen molar-refractivity contribution in [3.63, 3.8) is 0 Å². The molecular weight excluding hydrogens is 409 g/mol. The van der Waals surface area contributed by atoms with E-state index in [1.165, 1.54) is 10.7 Å². The first-order valence-corrected chi connectivity index (χ1v) is 13.6. The van der Waals surface area contributed by atoms with Gasteiger partial charge in [0.25, 0.3) is 0 Å². The smallest absolute Gasteiger partial charge is 0.359 e. The molecule has 0 aromatic carbocycles. The summed E-state index contributed by atoms with van der Waals surface area (Å²) in [5, 5.41) is 4.00. The summed E-state index contributed by atoms with van der Waals surface area (Å²) in [5.41, 5.74) is -0.283. The number of hydrogen-bond acceptors (Lipinski definition) is 4. The maximum absolute atomic E-state index is 13.7. The lowest BCUT2D eigenvalue weighted by atomic mass is 10.1. The molecule has 0 saturated carbocycles. The van der Waals surface area contributed by atoms with Crippen molar-refractivity contribution >= 4 is 30.7 Å². The molecular formula is C18H26ClF3N4OSi. The predicted octanol–water partition coefficient (Wildman–Crippen LogP) is 5.01. The minimum absolute atomic E-state index is 0.0256. The fourth-order valence-electron chi connectivity index (χ4n) is 3.34. The summed E-state index contributed by atoms with van der Waals surface area (Å²) in [7, 11) is -1.29. The van der Waals surface area contributed by atoms with Gasteiger partial charge in [-0.05, 0) is 43.6 Å². The normalized spacial score (nSPS) is 16.4. The standard InChI is InChI=1S/C18H26ClF3N4OSi/c1-28(2,3)9-8-27-12-26-17-15(16(24-26)18(20,21)22)13(10-14(19)23-17)11-25-6-4-5-7-25/h10H,4-9,11-12H2,1-3H3. The average Bonchev–Trinajstić information content (AvgIpc) is 3.18. The van der Waals surface area contributed by atoms with E-state index in [9.17, 15) is 13.2 Å². The zero-order chi connectivity index (χ0) is 20.5. The van der Waals surface area contributed by atoms with Gasteiger partial charge in [0.05, 0.1) is 5.39 Å². The number of alkyl halides is 3.